The van der Waals surface area contributed by atoms with Gasteiger partial charge >= 0.3 is 6.03 Å². The van der Waals surface area contributed by atoms with Crippen LogP contribution in [-0.4, -0.2) is 37.5 Å². The Morgan fingerprint density at radius 3 is 3.00 bits per heavy atom. The van der Waals surface area contributed by atoms with E-state index < -0.39 is 0 Å². The molecule has 0 fully saturated rings. The molecule has 1 aliphatic carbocycles. The van der Waals surface area contributed by atoms with Crippen LogP contribution in [0.25, 0.3) is 0 Å². The van der Waals surface area contributed by atoms with Crippen LogP contribution in [0, 0.1) is 12.3 Å². The first kappa shape index (κ1) is 17.8. The number of aliphatic hydroxyl groups is 1. The summed E-state index contributed by atoms with van der Waals surface area (Å²) < 4.78 is 10.9. The van der Waals surface area contributed by atoms with E-state index in [2.05, 4.69) is 24.5 Å². The molecule has 1 heterocycles. The topological polar surface area (TPSA) is 83.7 Å². The van der Waals surface area contributed by atoms with Crippen LogP contribution in [0.1, 0.15) is 49.8 Å². The van der Waals surface area contributed by atoms with Crippen molar-refractivity contribution in [3.63, 3.8) is 0 Å². The first-order chi connectivity index (χ1) is 10.9. The predicted octanol–water partition coefficient (Wildman–Crippen LogP) is 2.30. The van der Waals surface area contributed by atoms with Crippen molar-refractivity contribution >= 4 is 6.03 Å². The number of furan rings is 1. The van der Waals surface area contributed by atoms with Crippen LogP contribution in [0.15, 0.2) is 10.5 Å². The van der Waals surface area contributed by atoms with Crippen LogP contribution in [0.5, 0.6) is 0 Å². The van der Waals surface area contributed by atoms with Gasteiger partial charge in [0.1, 0.15) is 11.5 Å². The highest BCUT2D eigenvalue weighted by atomic mass is 16.5. The summed E-state index contributed by atoms with van der Waals surface area (Å²) in [5.74, 6) is 1.88. The lowest BCUT2D eigenvalue weighted by Crippen LogP contribution is -2.41. The molecule has 0 radical (unpaired) electrons. The van der Waals surface area contributed by atoms with E-state index in [1.54, 1.807) is 0 Å². The lowest BCUT2D eigenvalue weighted by atomic mass is 9.75. The van der Waals surface area contributed by atoms with E-state index in [1.807, 2.05) is 13.0 Å². The molecule has 1 atom stereocenters. The van der Waals surface area contributed by atoms with Crippen LogP contribution in [0.3, 0.4) is 0 Å². The predicted molar refractivity (Wildman–Crippen MR) is 87.3 cm³/mol. The number of carbonyl (C=O) groups excluding carboxylic acids is 1. The first-order valence-electron chi connectivity index (χ1n) is 8.23. The zero-order chi connectivity index (χ0) is 16.9. The van der Waals surface area contributed by atoms with Gasteiger partial charge < -0.3 is 24.9 Å². The fourth-order valence-corrected chi connectivity index (χ4v) is 3.07. The van der Waals surface area contributed by atoms with Crippen LogP contribution < -0.4 is 10.6 Å². The highest BCUT2D eigenvalue weighted by Gasteiger charge is 2.35. The molecule has 0 saturated carbocycles. The molecule has 23 heavy (non-hydrogen) atoms. The maximum Gasteiger partial charge on any atom is 0.315 e. The summed E-state index contributed by atoms with van der Waals surface area (Å²) in [6.45, 7) is 7.77. The Bertz CT molecular complexity index is 525. The van der Waals surface area contributed by atoms with E-state index in [1.165, 1.54) is 0 Å². The number of nitrogens with one attached hydrogen (secondary N) is 2. The normalized spacial score (nSPS) is 19.2. The summed E-state index contributed by atoms with van der Waals surface area (Å²) in [5.41, 5.74) is 1.20. The van der Waals surface area contributed by atoms with E-state index in [0.717, 1.165) is 36.3 Å². The van der Waals surface area contributed by atoms with Crippen molar-refractivity contribution in [2.45, 2.75) is 46.1 Å². The second-order valence-corrected chi connectivity index (χ2v) is 6.92. The van der Waals surface area contributed by atoms with Crippen molar-refractivity contribution in [2.24, 2.45) is 5.41 Å². The Labute approximate surface area is 137 Å². The van der Waals surface area contributed by atoms with Gasteiger partial charge in [-0.15, -0.1) is 0 Å². The van der Waals surface area contributed by atoms with E-state index in [0.29, 0.717) is 19.8 Å². The Kier molecular flexibility index (Phi) is 6.07. The average Bonchev–Trinajstić information content (AvgIpc) is 2.81. The van der Waals surface area contributed by atoms with Crippen molar-refractivity contribution in [3.05, 3.63) is 23.2 Å². The molecule has 1 unspecified atom stereocenters. The van der Waals surface area contributed by atoms with Gasteiger partial charge in [0.15, 0.2) is 0 Å². The van der Waals surface area contributed by atoms with Crippen LogP contribution >= 0.6 is 0 Å². The van der Waals surface area contributed by atoms with E-state index in [9.17, 15) is 4.79 Å². The van der Waals surface area contributed by atoms with Crippen molar-refractivity contribution in [1.82, 2.24) is 10.6 Å². The van der Waals surface area contributed by atoms with Gasteiger partial charge in [-0.25, -0.2) is 4.79 Å². The third-order valence-corrected chi connectivity index (χ3v) is 4.03. The number of amides is 2. The molecular weight excluding hydrogens is 296 g/mol. The molecule has 6 nitrogen and oxygen atoms in total. The lowest BCUT2D eigenvalue weighted by Gasteiger charge is -2.34. The molecule has 2 rings (SSSR count). The number of urea groups is 1. The number of carbonyl (C=O) groups is 1. The molecule has 130 valence electrons. The number of ether oxygens (including phenoxy) is 1. The molecule has 0 bridgehead atoms. The van der Waals surface area contributed by atoms with Gasteiger partial charge in [-0.05, 0) is 31.2 Å². The molecule has 0 saturated heterocycles. The maximum atomic E-state index is 12.1. The molecule has 3 N–H and O–H groups in total. The zero-order valence-corrected chi connectivity index (χ0v) is 14.3. The molecule has 6 heteroatoms. The maximum absolute atomic E-state index is 12.1. The molecule has 0 spiro atoms. The molecule has 1 aromatic heterocycles. The number of fused-ring (bicyclic) bond motifs is 1. The Balaban J connectivity index is 1.83. The van der Waals surface area contributed by atoms with Gasteiger partial charge in [-0.1, -0.05) is 13.8 Å². The molecule has 0 aromatic carbocycles. The summed E-state index contributed by atoms with van der Waals surface area (Å²) in [6.07, 6.45) is 2.52. The standard InChI is InChI=1S/C17H28N2O4/c1-12-9-13-14(10-17(2,3)11-15(13)23-12)19-16(21)18-5-4-7-22-8-6-20/h9,14,20H,4-8,10-11H2,1-3H3,(H2,18,19,21). The minimum Gasteiger partial charge on any atom is -0.466 e. The van der Waals surface area contributed by atoms with Crippen LogP contribution in [0.4, 0.5) is 4.79 Å². The number of hydrogen-bond acceptors (Lipinski definition) is 4. The van der Waals surface area contributed by atoms with E-state index in [4.69, 9.17) is 14.3 Å². The van der Waals surface area contributed by atoms with Gasteiger partial charge in [0.2, 0.25) is 0 Å². The van der Waals surface area contributed by atoms with Crippen molar-refractivity contribution < 1.29 is 19.1 Å². The van der Waals surface area contributed by atoms with Crippen LogP contribution in [-0.2, 0) is 11.2 Å². The largest absolute Gasteiger partial charge is 0.466 e. The molecular formula is C17H28N2O4. The van der Waals surface area contributed by atoms with Gasteiger partial charge in [-0.2, -0.15) is 0 Å². The summed E-state index contributed by atoms with van der Waals surface area (Å²) >= 11 is 0. The molecule has 2 amide bonds. The van der Waals surface area contributed by atoms with Gasteiger partial charge in [0, 0.05) is 25.1 Å². The second-order valence-electron chi connectivity index (χ2n) is 6.92. The summed E-state index contributed by atoms with van der Waals surface area (Å²) in [5, 5.41) is 14.5. The number of rotatable bonds is 7. The molecule has 1 aliphatic rings. The number of aryl methyl sites for hydroxylation is 1. The average molecular weight is 324 g/mol. The van der Waals surface area contributed by atoms with Crippen molar-refractivity contribution in [1.29, 1.82) is 0 Å². The number of aliphatic hydroxyl groups excluding tert-OH is 1. The first-order valence-corrected chi connectivity index (χ1v) is 8.23. The summed E-state index contributed by atoms with van der Waals surface area (Å²) in [4.78, 5) is 12.1. The fourth-order valence-electron chi connectivity index (χ4n) is 3.07. The second kappa shape index (κ2) is 7.84. The zero-order valence-electron chi connectivity index (χ0n) is 14.3. The summed E-state index contributed by atoms with van der Waals surface area (Å²) in [6, 6.07) is 1.84. The lowest BCUT2D eigenvalue weighted by molar-refractivity contribution is 0.0909. The molecule has 0 aliphatic heterocycles. The minimum absolute atomic E-state index is 0.0168. The fraction of sp³-hybridized carbons (Fsp3) is 0.706. The number of hydrogen-bond donors (Lipinski definition) is 3. The highest BCUT2D eigenvalue weighted by molar-refractivity contribution is 5.74. The minimum atomic E-state index is -0.167. The Morgan fingerprint density at radius 1 is 1.48 bits per heavy atom. The van der Waals surface area contributed by atoms with Crippen molar-refractivity contribution in [3.8, 4) is 0 Å². The van der Waals surface area contributed by atoms with Crippen molar-refractivity contribution in [2.75, 3.05) is 26.4 Å². The highest BCUT2D eigenvalue weighted by Crippen LogP contribution is 2.41. The van der Waals surface area contributed by atoms with E-state index in [-0.39, 0.29) is 24.1 Å². The third kappa shape index (κ3) is 5.25. The molecule has 1 aromatic rings. The van der Waals surface area contributed by atoms with E-state index >= 15 is 0 Å². The van der Waals surface area contributed by atoms with Gasteiger partial charge in [0.25, 0.3) is 0 Å². The smallest absolute Gasteiger partial charge is 0.315 e. The quantitative estimate of drug-likeness (QED) is 0.672. The Morgan fingerprint density at radius 2 is 2.26 bits per heavy atom. The SMILES string of the molecule is Cc1cc2c(o1)CC(C)(C)CC2NC(=O)NCCCOCCO. The monoisotopic (exact) mass is 324 g/mol. The van der Waals surface area contributed by atoms with Gasteiger partial charge in [0.05, 0.1) is 19.3 Å². The van der Waals surface area contributed by atoms with Crippen LogP contribution in [0.2, 0.25) is 0 Å². The third-order valence-electron chi connectivity index (χ3n) is 4.03. The van der Waals surface area contributed by atoms with Gasteiger partial charge in [-0.3, -0.25) is 0 Å². The summed E-state index contributed by atoms with van der Waals surface area (Å²) in [7, 11) is 0. The Hall–Kier alpha value is -1.53.